The number of methoxy groups -OCH3 is 2. The van der Waals surface area contributed by atoms with Gasteiger partial charge in [-0.05, 0) is 24.6 Å². The lowest BCUT2D eigenvalue weighted by molar-refractivity contribution is 0.385. The topological polar surface area (TPSA) is 62.3 Å². The Bertz CT molecular complexity index is 577. The van der Waals surface area contributed by atoms with Crippen LogP contribution in [0.4, 0.5) is 4.39 Å². The van der Waals surface area contributed by atoms with Crippen molar-refractivity contribution in [2.45, 2.75) is 19.5 Å². The summed E-state index contributed by atoms with van der Waals surface area (Å²) >= 11 is 0. The van der Waals surface area contributed by atoms with E-state index in [4.69, 9.17) is 15.2 Å². The Morgan fingerprint density at radius 2 is 2.00 bits per heavy atom. The minimum atomic E-state index is -0.470. The van der Waals surface area contributed by atoms with Crippen LogP contribution in [-0.2, 0) is 6.54 Å². The molecule has 0 aliphatic heterocycles. The lowest BCUT2D eigenvalue weighted by Crippen LogP contribution is -2.18. The van der Waals surface area contributed by atoms with Gasteiger partial charge in [-0.15, -0.1) is 0 Å². The molecule has 1 unspecified atom stereocenters. The molecule has 0 saturated carbocycles. The van der Waals surface area contributed by atoms with Gasteiger partial charge >= 0.3 is 0 Å². The van der Waals surface area contributed by atoms with Crippen LogP contribution in [0.3, 0.4) is 0 Å². The van der Waals surface area contributed by atoms with E-state index in [1.165, 1.54) is 13.2 Å². The number of hydrogen-bond acceptors (Lipinski definition) is 4. The molecule has 0 aliphatic rings. The summed E-state index contributed by atoms with van der Waals surface area (Å²) in [6.07, 6.45) is 1.62. The molecule has 0 saturated heterocycles. The number of nitrogens with zero attached hydrogens (tertiary/aromatic N) is 2. The van der Waals surface area contributed by atoms with Gasteiger partial charge in [-0.25, -0.2) is 4.39 Å². The number of hydrogen-bond donors (Lipinski definition) is 1. The highest BCUT2D eigenvalue weighted by Gasteiger charge is 2.20. The maximum Gasteiger partial charge on any atom is 0.165 e. The molecule has 0 radical (unpaired) electrons. The zero-order valence-electron chi connectivity index (χ0n) is 11.8. The molecular formula is C14H18FN3O2. The molecule has 2 N–H and O–H groups in total. The second kappa shape index (κ2) is 5.92. The van der Waals surface area contributed by atoms with Gasteiger partial charge in [0.15, 0.2) is 17.3 Å². The minimum absolute atomic E-state index is 0.166. The Morgan fingerprint density at radius 1 is 1.30 bits per heavy atom. The third-order valence-corrected chi connectivity index (χ3v) is 3.19. The predicted octanol–water partition coefficient (Wildman–Crippen LogP) is 2.11. The first kappa shape index (κ1) is 14.3. The number of rotatable bonds is 5. The lowest BCUT2D eigenvalue weighted by atomic mass is 10.0. The van der Waals surface area contributed by atoms with Gasteiger partial charge in [0.2, 0.25) is 0 Å². The van der Waals surface area contributed by atoms with E-state index in [2.05, 4.69) is 5.10 Å². The van der Waals surface area contributed by atoms with E-state index in [9.17, 15) is 4.39 Å². The highest BCUT2D eigenvalue weighted by molar-refractivity contribution is 5.39. The Labute approximate surface area is 117 Å². The summed E-state index contributed by atoms with van der Waals surface area (Å²) in [4.78, 5) is 0. The highest BCUT2D eigenvalue weighted by atomic mass is 19.1. The van der Waals surface area contributed by atoms with Gasteiger partial charge in [-0.3, -0.25) is 4.68 Å². The molecule has 20 heavy (non-hydrogen) atoms. The first-order valence-corrected chi connectivity index (χ1v) is 6.31. The van der Waals surface area contributed by atoms with Gasteiger partial charge in [-0.2, -0.15) is 5.10 Å². The van der Waals surface area contributed by atoms with Gasteiger partial charge < -0.3 is 15.2 Å². The normalized spacial score (nSPS) is 12.2. The van der Waals surface area contributed by atoms with Crippen LogP contribution >= 0.6 is 0 Å². The quantitative estimate of drug-likeness (QED) is 0.910. The number of halogens is 1. The summed E-state index contributed by atoms with van der Waals surface area (Å²) in [5, 5.41) is 4.22. The van der Waals surface area contributed by atoms with Crippen LogP contribution in [0.15, 0.2) is 24.4 Å². The SMILES string of the molecule is CCn1ncc(OC)c1C(N)c1ccc(F)c(OC)c1. The Kier molecular flexibility index (Phi) is 4.24. The Morgan fingerprint density at radius 3 is 2.60 bits per heavy atom. The van der Waals surface area contributed by atoms with Crippen LogP contribution in [0.25, 0.3) is 0 Å². The van der Waals surface area contributed by atoms with Crippen LogP contribution in [0.2, 0.25) is 0 Å². The molecule has 0 amide bonds. The first-order chi connectivity index (χ1) is 9.62. The molecule has 0 fully saturated rings. The van der Waals surface area contributed by atoms with Crippen molar-refractivity contribution in [3.63, 3.8) is 0 Å². The summed E-state index contributed by atoms with van der Waals surface area (Å²) in [7, 11) is 2.99. The molecule has 0 spiro atoms. The predicted molar refractivity (Wildman–Crippen MR) is 73.4 cm³/mol. The average molecular weight is 279 g/mol. The monoisotopic (exact) mass is 279 g/mol. The van der Waals surface area contributed by atoms with E-state index in [0.29, 0.717) is 12.3 Å². The summed E-state index contributed by atoms with van der Waals surface area (Å²) < 4.78 is 25.5. The van der Waals surface area contributed by atoms with Crippen molar-refractivity contribution < 1.29 is 13.9 Å². The largest absolute Gasteiger partial charge is 0.494 e. The molecule has 1 aromatic carbocycles. The number of aromatic nitrogens is 2. The number of aryl methyl sites for hydroxylation is 1. The molecule has 1 atom stereocenters. The molecule has 1 aromatic heterocycles. The van der Waals surface area contributed by atoms with Gasteiger partial charge in [0.25, 0.3) is 0 Å². The van der Waals surface area contributed by atoms with E-state index in [1.54, 1.807) is 30.1 Å². The molecule has 2 aromatic rings. The zero-order valence-corrected chi connectivity index (χ0v) is 11.8. The van der Waals surface area contributed by atoms with Crippen LogP contribution < -0.4 is 15.2 Å². The van der Waals surface area contributed by atoms with Gasteiger partial charge in [0, 0.05) is 6.54 Å². The summed E-state index contributed by atoms with van der Waals surface area (Å²) in [5.74, 6) is 0.363. The fourth-order valence-corrected chi connectivity index (χ4v) is 2.13. The summed E-state index contributed by atoms with van der Waals surface area (Å²) in [6.45, 7) is 2.64. The highest BCUT2D eigenvalue weighted by Crippen LogP contribution is 2.30. The third-order valence-electron chi connectivity index (χ3n) is 3.19. The lowest BCUT2D eigenvalue weighted by Gasteiger charge is -2.16. The van der Waals surface area contributed by atoms with Crippen molar-refractivity contribution in [3.05, 3.63) is 41.5 Å². The molecule has 2 rings (SSSR count). The van der Waals surface area contributed by atoms with E-state index in [1.807, 2.05) is 6.92 Å². The van der Waals surface area contributed by atoms with E-state index in [0.717, 1.165) is 11.3 Å². The van der Waals surface area contributed by atoms with Crippen LogP contribution in [0, 0.1) is 5.82 Å². The Hall–Kier alpha value is -2.08. The molecular weight excluding hydrogens is 261 g/mol. The summed E-state index contributed by atoms with van der Waals surface area (Å²) in [5.41, 5.74) is 7.75. The maximum absolute atomic E-state index is 13.5. The fraction of sp³-hybridized carbons (Fsp3) is 0.357. The number of ether oxygens (including phenoxy) is 2. The van der Waals surface area contributed by atoms with Gasteiger partial charge in [0.1, 0.15) is 5.69 Å². The molecule has 1 heterocycles. The van der Waals surface area contributed by atoms with Crippen molar-refractivity contribution >= 4 is 0 Å². The molecule has 6 heteroatoms. The standard InChI is InChI=1S/C14H18FN3O2/c1-4-18-14(12(20-3)8-17-18)13(16)9-5-6-10(15)11(7-9)19-2/h5-8,13H,4,16H2,1-3H3. The van der Waals surface area contributed by atoms with Crippen LogP contribution in [0.5, 0.6) is 11.5 Å². The molecule has 0 bridgehead atoms. The zero-order chi connectivity index (χ0) is 14.7. The van der Waals surface area contributed by atoms with Crippen molar-refractivity contribution in [1.29, 1.82) is 0 Å². The minimum Gasteiger partial charge on any atom is -0.494 e. The first-order valence-electron chi connectivity index (χ1n) is 6.31. The van der Waals surface area contributed by atoms with Crippen molar-refractivity contribution in [3.8, 4) is 11.5 Å². The van der Waals surface area contributed by atoms with E-state index < -0.39 is 11.9 Å². The summed E-state index contributed by atoms with van der Waals surface area (Å²) in [6, 6.07) is 4.09. The van der Waals surface area contributed by atoms with E-state index >= 15 is 0 Å². The van der Waals surface area contributed by atoms with Crippen molar-refractivity contribution in [2.75, 3.05) is 14.2 Å². The average Bonchev–Trinajstić information content (AvgIpc) is 2.89. The van der Waals surface area contributed by atoms with Gasteiger partial charge in [0.05, 0.1) is 26.5 Å². The second-order valence-corrected chi connectivity index (χ2v) is 4.29. The van der Waals surface area contributed by atoms with Crippen LogP contribution in [0.1, 0.15) is 24.2 Å². The van der Waals surface area contributed by atoms with Crippen molar-refractivity contribution in [2.24, 2.45) is 5.73 Å². The smallest absolute Gasteiger partial charge is 0.165 e. The number of benzene rings is 1. The van der Waals surface area contributed by atoms with Crippen LogP contribution in [-0.4, -0.2) is 24.0 Å². The molecule has 0 aliphatic carbocycles. The van der Waals surface area contributed by atoms with Crippen molar-refractivity contribution in [1.82, 2.24) is 9.78 Å². The Balaban J connectivity index is 2.45. The molecule has 108 valence electrons. The van der Waals surface area contributed by atoms with E-state index in [-0.39, 0.29) is 5.75 Å². The molecule has 5 nitrogen and oxygen atoms in total. The second-order valence-electron chi connectivity index (χ2n) is 4.29. The maximum atomic E-state index is 13.5. The fourth-order valence-electron chi connectivity index (χ4n) is 2.13. The van der Waals surface area contributed by atoms with Gasteiger partial charge in [-0.1, -0.05) is 6.07 Å². The third kappa shape index (κ3) is 2.46. The number of nitrogens with two attached hydrogens (primary N) is 1.